The molecule has 0 radical (unpaired) electrons. The number of benzene rings is 1. The number of ether oxygens (including phenoxy) is 2. The molecule has 5 heteroatoms. The molecule has 112 valence electrons. The molecule has 0 heterocycles. The monoisotopic (exact) mass is 281 g/mol. The molecule has 0 unspecified atom stereocenters. The van der Waals surface area contributed by atoms with E-state index in [1.54, 1.807) is 14.2 Å². The van der Waals surface area contributed by atoms with E-state index in [9.17, 15) is 4.79 Å². The van der Waals surface area contributed by atoms with Crippen molar-refractivity contribution in [3.05, 3.63) is 29.8 Å². The molecule has 0 bridgehead atoms. The largest absolute Gasteiger partial charge is 0.497 e. The Morgan fingerprint density at radius 3 is 2.30 bits per heavy atom. The Bertz CT molecular complexity index is 418. The van der Waals surface area contributed by atoms with Gasteiger partial charge in [-0.25, -0.2) is 5.06 Å². The van der Waals surface area contributed by atoms with Crippen molar-refractivity contribution in [2.24, 2.45) is 5.92 Å². The maximum absolute atomic E-state index is 11.9. The molecular formula is C15H23NO4. The highest BCUT2D eigenvalue weighted by molar-refractivity contribution is 5.77. The first-order valence-corrected chi connectivity index (χ1v) is 6.55. The van der Waals surface area contributed by atoms with Gasteiger partial charge in [-0.05, 0) is 24.6 Å². The number of nitrogens with zero attached hydrogens (tertiary/aromatic N) is 1. The summed E-state index contributed by atoms with van der Waals surface area (Å²) in [6, 6.07) is 7.66. The van der Waals surface area contributed by atoms with Gasteiger partial charge in [-0.3, -0.25) is 9.63 Å². The predicted molar refractivity (Wildman–Crippen MR) is 76.2 cm³/mol. The predicted octanol–water partition coefficient (Wildman–Crippen LogP) is 2.26. The maximum Gasteiger partial charge on any atom is 0.251 e. The average molecular weight is 281 g/mol. The van der Waals surface area contributed by atoms with Crippen LogP contribution in [0, 0.1) is 5.92 Å². The summed E-state index contributed by atoms with van der Waals surface area (Å²) in [6.45, 7) is 4.17. The summed E-state index contributed by atoms with van der Waals surface area (Å²) in [7, 11) is 4.69. The summed E-state index contributed by atoms with van der Waals surface area (Å²) < 4.78 is 10.8. The Morgan fingerprint density at radius 2 is 1.80 bits per heavy atom. The Balaban J connectivity index is 2.49. The highest BCUT2D eigenvalue weighted by Crippen LogP contribution is 2.15. The Morgan fingerprint density at radius 1 is 1.20 bits per heavy atom. The van der Waals surface area contributed by atoms with Crippen molar-refractivity contribution < 1.29 is 19.1 Å². The lowest BCUT2D eigenvalue weighted by molar-refractivity contribution is -0.177. The third kappa shape index (κ3) is 4.51. The van der Waals surface area contributed by atoms with Crippen LogP contribution < -0.4 is 4.74 Å². The molecule has 2 atom stereocenters. The minimum atomic E-state index is -0.266. The standard InChI is InChI=1S/C15H23NO4/c1-11(15(17)16(3)19-5)12(2)20-10-13-6-8-14(18-4)9-7-13/h6-9,11-12H,10H2,1-5H3/t11-,12-/m1/s1. The van der Waals surface area contributed by atoms with Crippen LogP contribution in [0.2, 0.25) is 0 Å². The second-order valence-corrected chi connectivity index (χ2v) is 4.67. The topological polar surface area (TPSA) is 48.0 Å². The number of hydroxylamine groups is 2. The van der Waals surface area contributed by atoms with Crippen molar-refractivity contribution >= 4 is 5.91 Å². The molecule has 1 amide bonds. The van der Waals surface area contributed by atoms with Gasteiger partial charge in [-0.1, -0.05) is 19.1 Å². The van der Waals surface area contributed by atoms with Gasteiger partial charge in [0.1, 0.15) is 5.75 Å². The minimum absolute atomic E-state index is 0.102. The van der Waals surface area contributed by atoms with Crippen LogP contribution >= 0.6 is 0 Å². The van der Waals surface area contributed by atoms with Gasteiger partial charge in [-0.15, -0.1) is 0 Å². The van der Waals surface area contributed by atoms with Gasteiger partial charge in [-0.2, -0.15) is 0 Å². The fourth-order valence-corrected chi connectivity index (χ4v) is 1.67. The molecule has 1 aromatic rings. The normalized spacial score (nSPS) is 13.7. The van der Waals surface area contributed by atoms with Gasteiger partial charge in [0.05, 0.1) is 32.8 Å². The van der Waals surface area contributed by atoms with E-state index in [4.69, 9.17) is 14.3 Å². The molecule has 0 aromatic heterocycles. The van der Waals surface area contributed by atoms with E-state index in [0.29, 0.717) is 6.61 Å². The highest BCUT2D eigenvalue weighted by Gasteiger charge is 2.24. The molecule has 20 heavy (non-hydrogen) atoms. The summed E-state index contributed by atoms with van der Waals surface area (Å²) in [5.41, 5.74) is 1.04. The minimum Gasteiger partial charge on any atom is -0.497 e. The van der Waals surface area contributed by atoms with Crippen LogP contribution in [0.1, 0.15) is 19.4 Å². The molecule has 0 aliphatic heterocycles. The summed E-state index contributed by atoms with van der Waals surface area (Å²) in [6.07, 6.45) is -0.192. The zero-order valence-electron chi connectivity index (χ0n) is 12.8. The maximum atomic E-state index is 11.9. The Labute approximate surface area is 120 Å². The Kier molecular flexibility index (Phi) is 6.48. The van der Waals surface area contributed by atoms with Crippen molar-refractivity contribution in [1.82, 2.24) is 5.06 Å². The fourth-order valence-electron chi connectivity index (χ4n) is 1.67. The van der Waals surface area contributed by atoms with Gasteiger partial charge < -0.3 is 9.47 Å². The van der Waals surface area contributed by atoms with Crippen LogP contribution in [-0.4, -0.2) is 38.3 Å². The van der Waals surface area contributed by atoms with E-state index in [1.165, 1.54) is 12.2 Å². The van der Waals surface area contributed by atoms with Crippen LogP contribution in [0.3, 0.4) is 0 Å². The summed E-state index contributed by atoms with van der Waals surface area (Å²) >= 11 is 0. The number of hydrogen-bond donors (Lipinski definition) is 0. The van der Waals surface area contributed by atoms with Gasteiger partial charge in [0.2, 0.25) is 0 Å². The molecule has 0 spiro atoms. The number of amides is 1. The second kappa shape index (κ2) is 7.87. The van der Waals surface area contributed by atoms with Crippen LogP contribution in [0.5, 0.6) is 5.75 Å². The zero-order valence-corrected chi connectivity index (χ0v) is 12.8. The molecule has 1 aromatic carbocycles. The van der Waals surface area contributed by atoms with Crippen molar-refractivity contribution in [1.29, 1.82) is 0 Å². The van der Waals surface area contributed by atoms with Crippen molar-refractivity contribution in [2.45, 2.75) is 26.6 Å². The van der Waals surface area contributed by atoms with E-state index in [2.05, 4.69) is 0 Å². The quantitative estimate of drug-likeness (QED) is 0.719. The van der Waals surface area contributed by atoms with Crippen LogP contribution in [0.15, 0.2) is 24.3 Å². The molecule has 0 N–H and O–H groups in total. The SMILES string of the molecule is COc1ccc(CO[C@H](C)[C@@H](C)C(=O)N(C)OC)cc1. The van der Waals surface area contributed by atoms with E-state index in [1.807, 2.05) is 38.1 Å². The third-order valence-corrected chi connectivity index (χ3v) is 3.35. The van der Waals surface area contributed by atoms with Gasteiger partial charge in [0, 0.05) is 7.05 Å². The van der Waals surface area contributed by atoms with Crippen molar-refractivity contribution in [3.63, 3.8) is 0 Å². The lowest BCUT2D eigenvalue weighted by Crippen LogP contribution is -2.36. The number of methoxy groups -OCH3 is 1. The highest BCUT2D eigenvalue weighted by atomic mass is 16.7. The lowest BCUT2D eigenvalue weighted by atomic mass is 10.1. The van der Waals surface area contributed by atoms with Crippen LogP contribution in [0.25, 0.3) is 0 Å². The fraction of sp³-hybridized carbons (Fsp3) is 0.533. The number of hydrogen-bond acceptors (Lipinski definition) is 4. The third-order valence-electron chi connectivity index (χ3n) is 3.35. The summed E-state index contributed by atoms with van der Waals surface area (Å²) in [5.74, 6) is 0.444. The van der Waals surface area contributed by atoms with Crippen LogP contribution in [0.4, 0.5) is 0 Å². The average Bonchev–Trinajstić information content (AvgIpc) is 2.50. The van der Waals surface area contributed by atoms with Gasteiger partial charge in [0.25, 0.3) is 5.91 Å². The van der Waals surface area contributed by atoms with Gasteiger partial charge >= 0.3 is 0 Å². The molecular weight excluding hydrogens is 258 g/mol. The van der Waals surface area contributed by atoms with Crippen molar-refractivity contribution in [2.75, 3.05) is 21.3 Å². The summed E-state index contributed by atoms with van der Waals surface area (Å²) in [4.78, 5) is 16.8. The number of rotatable bonds is 7. The number of carbonyl (C=O) groups is 1. The molecule has 5 nitrogen and oxygen atoms in total. The Hall–Kier alpha value is -1.59. The second-order valence-electron chi connectivity index (χ2n) is 4.67. The molecule has 1 rings (SSSR count). The first-order chi connectivity index (χ1) is 9.49. The molecule has 0 saturated heterocycles. The first kappa shape index (κ1) is 16.5. The first-order valence-electron chi connectivity index (χ1n) is 6.55. The lowest BCUT2D eigenvalue weighted by Gasteiger charge is -2.23. The molecule has 0 aliphatic carbocycles. The van der Waals surface area contributed by atoms with E-state index in [0.717, 1.165) is 11.3 Å². The van der Waals surface area contributed by atoms with Crippen LogP contribution in [-0.2, 0) is 21.0 Å². The molecule has 0 saturated carbocycles. The van der Waals surface area contributed by atoms with E-state index >= 15 is 0 Å². The summed E-state index contributed by atoms with van der Waals surface area (Å²) in [5, 5.41) is 1.22. The van der Waals surface area contributed by atoms with Crippen molar-refractivity contribution in [3.8, 4) is 5.75 Å². The van der Waals surface area contributed by atoms with E-state index in [-0.39, 0.29) is 17.9 Å². The molecule has 0 fully saturated rings. The van der Waals surface area contributed by atoms with Gasteiger partial charge in [0.15, 0.2) is 0 Å². The van der Waals surface area contributed by atoms with E-state index < -0.39 is 0 Å². The molecule has 0 aliphatic rings. The smallest absolute Gasteiger partial charge is 0.251 e. The number of carbonyl (C=O) groups excluding carboxylic acids is 1. The zero-order chi connectivity index (χ0) is 15.1.